The number of nitrogens with zero attached hydrogens (tertiary/aromatic N) is 2. The molecular weight excluding hydrogens is 286 g/mol. The molecule has 0 bridgehead atoms. The lowest BCUT2D eigenvalue weighted by Gasteiger charge is -2.30. The summed E-state index contributed by atoms with van der Waals surface area (Å²) >= 11 is 0. The van der Waals surface area contributed by atoms with Gasteiger partial charge in [-0.15, -0.1) is 12.4 Å². The Labute approximate surface area is 120 Å². The van der Waals surface area contributed by atoms with Crippen LogP contribution in [0.5, 0.6) is 0 Å². The molecule has 1 aromatic rings. The molecule has 1 saturated heterocycles. The average Bonchev–Trinajstić information content (AvgIpc) is 2.39. The summed E-state index contributed by atoms with van der Waals surface area (Å²) in [5.41, 5.74) is 6.34. The number of hydrogen-bond donors (Lipinski definition) is 1. The van der Waals surface area contributed by atoms with Gasteiger partial charge in [-0.05, 0) is 36.9 Å². The fourth-order valence-corrected chi connectivity index (χ4v) is 3.75. The molecule has 0 aliphatic carbocycles. The number of piperidine rings is 1. The van der Waals surface area contributed by atoms with E-state index in [1.54, 1.807) is 28.8 Å². The normalized spacial score (nSPS) is 17.9. The van der Waals surface area contributed by atoms with Crippen molar-refractivity contribution in [3.63, 3.8) is 0 Å². The Morgan fingerprint density at radius 3 is 2.58 bits per heavy atom. The molecule has 0 radical (unpaired) electrons. The summed E-state index contributed by atoms with van der Waals surface area (Å²) in [6.07, 6.45) is 4.97. The van der Waals surface area contributed by atoms with Crippen molar-refractivity contribution in [2.24, 2.45) is 11.7 Å². The largest absolute Gasteiger partial charge is 0.330 e. The van der Waals surface area contributed by atoms with Crippen molar-refractivity contribution in [3.8, 4) is 0 Å². The molecule has 108 valence electrons. The fourth-order valence-electron chi connectivity index (χ4n) is 2.21. The summed E-state index contributed by atoms with van der Waals surface area (Å²) < 4.78 is 26.0. The number of pyridine rings is 1. The highest BCUT2D eigenvalue weighted by Crippen LogP contribution is 2.20. The lowest BCUT2D eigenvalue weighted by molar-refractivity contribution is 0.278. The molecule has 1 aliphatic rings. The second-order valence-electron chi connectivity index (χ2n) is 4.70. The molecule has 2 N–H and O–H groups in total. The predicted molar refractivity (Wildman–Crippen MR) is 77.5 cm³/mol. The van der Waals surface area contributed by atoms with Crippen molar-refractivity contribution < 1.29 is 8.42 Å². The van der Waals surface area contributed by atoms with Crippen molar-refractivity contribution in [2.75, 3.05) is 19.6 Å². The second kappa shape index (κ2) is 7.19. The van der Waals surface area contributed by atoms with Crippen LogP contribution in [0.3, 0.4) is 0 Å². The van der Waals surface area contributed by atoms with Gasteiger partial charge in [0.15, 0.2) is 0 Å². The van der Waals surface area contributed by atoms with Crippen molar-refractivity contribution in [1.29, 1.82) is 0 Å². The third kappa shape index (κ3) is 4.42. The van der Waals surface area contributed by atoms with Crippen molar-refractivity contribution >= 4 is 22.4 Å². The summed E-state index contributed by atoms with van der Waals surface area (Å²) in [7, 11) is -3.22. The van der Waals surface area contributed by atoms with Crippen LogP contribution in [0.2, 0.25) is 0 Å². The molecule has 0 spiro atoms. The number of halogens is 1. The van der Waals surface area contributed by atoms with E-state index in [2.05, 4.69) is 4.98 Å². The van der Waals surface area contributed by atoms with Gasteiger partial charge in [0.1, 0.15) is 0 Å². The molecule has 0 amide bonds. The number of nitrogens with two attached hydrogens (primary N) is 1. The first kappa shape index (κ1) is 16.4. The van der Waals surface area contributed by atoms with E-state index in [9.17, 15) is 8.42 Å². The van der Waals surface area contributed by atoms with Gasteiger partial charge in [0.2, 0.25) is 10.0 Å². The summed E-state index contributed by atoms with van der Waals surface area (Å²) in [5.74, 6) is 0.503. The first-order valence-corrected chi connectivity index (χ1v) is 7.79. The van der Waals surface area contributed by atoms with Gasteiger partial charge in [0.05, 0.1) is 5.75 Å². The molecule has 1 aromatic heterocycles. The fraction of sp³-hybridized carbons (Fsp3) is 0.583. The summed E-state index contributed by atoms with van der Waals surface area (Å²) in [5, 5.41) is 0. The van der Waals surface area contributed by atoms with Crippen LogP contribution in [-0.4, -0.2) is 37.3 Å². The lowest BCUT2D eigenvalue weighted by Crippen LogP contribution is -2.40. The van der Waals surface area contributed by atoms with Gasteiger partial charge >= 0.3 is 0 Å². The zero-order chi connectivity index (χ0) is 13.0. The second-order valence-corrected chi connectivity index (χ2v) is 6.66. The molecule has 19 heavy (non-hydrogen) atoms. The molecule has 1 aliphatic heterocycles. The monoisotopic (exact) mass is 305 g/mol. The standard InChI is InChI=1S/C12H19N3O2S.ClH/c13-8-11-3-6-15(7-4-11)18(16,17)10-12-2-1-5-14-9-12;/h1-2,5,9,11H,3-4,6-8,10,13H2;1H. The van der Waals surface area contributed by atoms with E-state index in [0.29, 0.717) is 25.6 Å². The topological polar surface area (TPSA) is 76.3 Å². The Balaban J connectivity index is 0.00000180. The average molecular weight is 306 g/mol. The smallest absolute Gasteiger partial charge is 0.218 e. The zero-order valence-electron chi connectivity index (χ0n) is 10.7. The highest BCUT2D eigenvalue weighted by Gasteiger charge is 2.27. The van der Waals surface area contributed by atoms with Crippen LogP contribution in [0.15, 0.2) is 24.5 Å². The molecule has 1 fully saturated rings. The van der Waals surface area contributed by atoms with Gasteiger partial charge in [-0.1, -0.05) is 6.07 Å². The maximum absolute atomic E-state index is 12.2. The third-order valence-electron chi connectivity index (χ3n) is 3.37. The highest BCUT2D eigenvalue weighted by atomic mass is 35.5. The number of hydrogen-bond acceptors (Lipinski definition) is 4. The molecule has 0 unspecified atom stereocenters. The number of sulfonamides is 1. The van der Waals surface area contributed by atoms with E-state index in [1.165, 1.54) is 0 Å². The van der Waals surface area contributed by atoms with E-state index in [-0.39, 0.29) is 18.2 Å². The number of rotatable bonds is 4. The van der Waals surface area contributed by atoms with Crippen LogP contribution in [0.1, 0.15) is 18.4 Å². The van der Waals surface area contributed by atoms with Crippen molar-refractivity contribution in [1.82, 2.24) is 9.29 Å². The van der Waals surface area contributed by atoms with E-state index in [4.69, 9.17) is 5.73 Å². The first-order chi connectivity index (χ1) is 8.62. The minimum Gasteiger partial charge on any atom is -0.330 e. The van der Waals surface area contributed by atoms with Gasteiger partial charge in [0, 0.05) is 25.5 Å². The molecular formula is C12H20ClN3O2S. The minimum absolute atomic E-state index is 0. The van der Waals surface area contributed by atoms with E-state index >= 15 is 0 Å². The molecule has 0 saturated carbocycles. The third-order valence-corrected chi connectivity index (χ3v) is 5.22. The number of aromatic nitrogens is 1. The van der Waals surface area contributed by atoms with Gasteiger partial charge in [-0.2, -0.15) is 0 Å². The Bertz CT molecular complexity index is 473. The molecule has 0 aromatic carbocycles. The molecule has 0 atom stereocenters. The summed E-state index contributed by atoms with van der Waals surface area (Å²) in [6, 6.07) is 3.54. The van der Waals surface area contributed by atoms with Crippen LogP contribution >= 0.6 is 12.4 Å². The Kier molecular flexibility index (Phi) is 6.19. The Morgan fingerprint density at radius 2 is 2.05 bits per heavy atom. The van der Waals surface area contributed by atoms with Gasteiger partial charge in [-0.25, -0.2) is 12.7 Å². The van der Waals surface area contributed by atoms with Crippen LogP contribution in [-0.2, 0) is 15.8 Å². The van der Waals surface area contributed by atoms with E-state index in [0.717, 1.165) is 18.4 Å². The Morgan fingerprint density at radius 1 is 1.37 bits per heavy atom. The highest BCUT2D eigenvalue weighted by molar-refractivity contribution is 7.88. The van der Waals surface area contributed by atoms with Crippen molar-refractivity contribution in [2.45, 2.75) is 18.6 Å². The maximum Gasteiger partial charge on any atom is 0.218 e. The summed E-state index contributed by atoms with van der Waals surface area (Å²) in [4.78, 5) is 3.94. The Hall–Kier alpha value is -0.690. The van der Waals surface area contributed by atoms with E-state index < -0.39 is 10.0 Å². The van der Waals surface area contributed by atoms with E-state index in [1.807, 2.05) is 0 Å². The molecule has 7 heteroatoms. The SMILES string of the molecule is Cl.NCC1CCN(S(=O)(=O)Cc2cccnc2)CC1. The summed E-state index contributed by atoms with van der Waals surface area (Å²) in [6.45, 7) is 1.82. The molecule has 2 rings (SSSR count). The zero-order valence-corrected chi connectivity index (χ0v) is 12.4. The molecule has 2 heterocycles. The van der Waals surface area contributed by atoms with Crippen LogP contribution < -0.4 is 5.73 Å². The molecule has 5 nitrogen and oxygen atoms in total. The first-order valence-electron chi connectivity index (χ1n) is 6.18. The lowest BCUT2D eigenvalue weighted by atomic mass is 9.99. The quantitative estimate of drug-likeness (QED) is 0.900. The van der Waals surface area contributed by atoms with Gasteiger partial charge in [-0.3, -0.25) is 4.98 Å². The van der Waals surface area contributed by atoms with Gasteiger partial charge in [0.25, 0.3) is 0 Å². The van der Waals surface area contributed by atoms with Crippen LogP contribution in [0.4, 0.5) is 0 Å². The maximum atomic E-state index is 12.2. The van der Waals surface area contributed by atoms with Crippen LogP contribution in [0.25, 0.3) is 0 Å². The van der Waals surface area contributed by atoms with Gasteiger partial charge < -0.3 is 5.73 Å². The van der Waals surface area contributed by atoms with Crippen molar-refractivity contribution in [3.05, 3.63) is 30.1 Å². The predicted octanol–water partition coefficient (Wildman–Crippen LogP) is 1.00. The minimum atomic E-state index is -3.22. The van der Waals surface area contributed by atoms with Crippen LogP contribution in [0, 0.1) is 5.92 Å².